The first kappa shape index (κ1) is 13.8. The molecular weight excluding hydrogens is 194 g/mol. The van der Waals surface area contributed by atoms with Gasteiger partial charge in [-0.3, -0.25) is 0 Å². The molecule has 3 unspecified atom stereocenters. The van der Waals surface area contributed by atoms with Gasteiger partial charge in [-0.1, -0.05) is 32.3 Å². The van der Waals surface area contributed by atoms with E-state index in [-0.39, 0.29) is 0 Å². The lowest BCUT2D eigenvalue weighted by atomic mass is 9.71. The molecule has 1 nitrogen and oxygen atoms in total. The van der Waals surface area contributed by atoms with Crippen LogP contribution in [0.4, 0.5) is 0 Å². The van der Waals surface area contributed by atoms with Gasteiger partial charge in [-0.2, -0.15) is 0 Å². The van der Waals surface area contributed by atoms with E-state index in [1.54, 1.807) is 0 Å². The third kappa shape index (κ3) is 4.29. The van der Waals surface area contributed by atoms with Crippen molar-refractivity contribution in [1.82, 2.24) is 5.32 Å². The molecular formula is C15H29N. The van der Waals surface area contributed by atoms with E-state index < -0.39 is 0 Å². The highest BCUT2D eigenvalue weighted by molar-refractivity contribution is 4.94. The highest BCUT2D eigenvalue weighted by Crippen LogP contribution is 2.38. The van der Waals surface area contributed by atoms with Gasteiger partial charge >= 0.3 is 0 Å². The van der Waals surface area contributed by atoms with E-state index in [0.29, 0.717) is 0 Å². The Kier molecular flexibility index (Phi) is 6.12. The summed E-state index contributed by atoms with van der Waals surface area (Å²) in [6.45, 7) is 13.1. The molecule has 1 rings (SSSR count). The van der Waals surface area contributed by atoms with E-state index >= 15 is 0 Å². The topological polar surface area (TPSA) is 12.0 Å². The minimum atomic E-state index is 0.884. The molecule has 0 amide bonds. The lowest BCUT2D eigenvalue weighted by Crippen LogP contribution is -2.33. The van der Waals surface area contributed by atoms with Crippen LogP contribution in [0, 0.1) is 17.8 Å². The highest BCUT2D eigenvalue weighted by atomic mass is 14.8. The molecule has 0 bridgehead atoms. The van der Waals surface area contributed by atoms with Crippen LogP contribution in [-0.4, -0.2) is 13.1 Å². The summed E-state index contributed by atoms with van der Waals surface area (Å²) in [5, 5.41) is 3.52. The number of rotatable bonds is 6. The first-order valence-corrected chi connectivity index (χ1v) is 7.02. The molecule has 0 aromatic heterocycles. The standard InChI is InChI=1S/C15H29N/c1-5-13-7-8-14(11-16-6-2)15(10-13)9-12(3)4/h13-16H,3,5-11H2,1-2,4H3. The number of nitrogens with one attached hydrogen (secondary N) is 1. The van der Waals surface area contributed by atoms with Crippen molar-refractivity contribution in [1.29, 1.82) is 0 Å². The second kappa shape index (κ2) is 7.11. The highest BCUT2D eigenvalue weighted by Gasteiger charge is 2.29. The second-order valence-corrected chi connectivity index (χ2v) is 5.58. The van der Waals surface area contributed by atoms with Gasteiger partial charge in [-0.25, -0.2) is 0 Å². The number of allylic oxidation sites excluding steroid dienone is 1. The van der Waals surface area contributed by atoms with Crippen molar-refractivity contribution >= 4 is 0 Å². The van der Waals surface area contributed by atoms with E-state index in [1.165, 1.54) is 44.2 Å². The maximum absolute atomic E-state index is 4.09. The van der Waals surface area contributed by atoms with Gasteiger partial charge in [0.25, 0.3) is 0 Å². The zero-order valence-corrected chi connectivity index (χ0v) is 11.4. The Balaban J connectivity index is 2.49. The third-order valence-electron chi connectivity index (χ3n) is 4.09. The molecule has 0 heterocycles. The molecule has 1 aliphatic carbocycles. The molecule has 3 atom stereocenters. The van der Waals surface area contributed by atoms with Gasteiger partial charge in [0.05, 0.1) is 0 Å². The van der Waals surface area contributed by atoms with E-state index in [1.807, 2.05) is 0 Å². The largest absolute Gasteiger partial charge is 0.317 e. The zero-order valence-electron chi connectivity index (χ0n) is 11.4. The summed E-state index contributed by atoms with van der Waals surface area (Å²) in [5.41, 5.74) is 1.36. The summed E-state index contributed by atoms with van der Waals surface area (Å²) in [4.78, 5) is 0. The first-order chi connectivity index (χ1) is 7.67. The molecule has 0 aromatic carbocycles. The van der Waals surface area contributed by atoms with Gasteiger partial charge in [0, 0.05) is 0 Å². The van der Waals surface area contributed by atoms with Gasteiger partial charge < -0.3 is 5.32 Å². The molecule has 0 aromatic rings. The molecule has 0 saturated heterocycles. The van der Waals surface area contributed by atoms with E-state index in [2.05, 4.69) is 32.7 Å². The Bertz CT molecular complexity index is 209. The Morgan fingerprint density at radius 2 is 2.00 bits per heavy atom. The summed E-state index contributed by atoms with van der Waals surface area (Å²) >= 11 is 0. The normalized spacial score (nSPS) is 30.3. The smallest absolute Gasteiger partial charge is 0.00179 e. The molecule has 0 spiro atoms. The molecule has 0 radical (unpaired) electrons. The monoisotopic (exact) mass is 223 g/mol. The maximum atomic E-state index is 4.09. The van der Waals surface area contributed by atoms with Crippen molar-refractivity contribution in [2.24, 2.45) is 17.8 Å². The summed E-state index contributed by atoms with van der Waals surface area (Å²) in [7, 11) is 0. The van der Waals surface area contributed by atoms with Crippen molar-refractivity contribution in [3.63, 3.8) is 0 Å². The van der Waals surface area contributed by atoms with Crippen LogP contribution in [0.2, 0.25) is 0 Å². The van der Waals surface area contributed by atoms with E-state index in [4.69, 9.17) is 0 Å². The number of hydrogen-bond acceptors (Lipinski definition) is 1. The molecule has 1 heteroatoms. The molecule has 1 N–H and O–H groups in total. The van der Waals surface area contributed by atoms with Crippen LogP contribution in [0.3, 0.4) is 0 Å². The van der Waals surface area contributed by atoms with Crippen molar-refractivity contribution in [2.45, 2.75) is 52.9 Å². The van der Waals surface area contributed by atoms with Crippen molar-refractivity contribution in [3.8, 4) is 0 Å². The fraction of sp³-hybridized carbons (Fsp3) is 0.867. The molecule has 1 fully saturated rings. The number of hydrogen-bond donors (Lipinski definition) is 1. The van der Waals surface area contributed by atoms with Gasteiger partial charge in [-0.05, 0) is 57.0 Å². The second-order valence-electron chi connectivity index (χ2n) is 5.58. The molecule has 16 heavy (non-hydrogen) atoms. The molecule has 1 aliphatic rings. The van der Waals surface area contributed by atoms with Gasteiger partial charge in [0.15, 0.2) is 0 Å². The summed E-state index contributed by atoms with van der Waals surface area (Å²) in [6, 6.07) is 0. The van der Waals surface area contributed by atoms with Gasteiger partial charge in [0.2, 0.25) is 0 Å². The van der Waals surface area contributed by atoms with Crippen molar-refractivity contribution < 1.29 is 0 Å². The Hall–Kier alpha value is -0.300. The minimum Gasteiger partial charge on any atom is -0.317 e. The Morgan fingerprint density at radius 1 is 1.25 bits per heavy atom. The van der Waals surface area contributed by atoms with Crippen LogP contribution in [0.1, 0.15) is 52.9 Å². The van der Waals surface area contributed by atoms with E-state index in [0.717, 1.165) is 24.3 Å². The fourth-order valence-electron chi connectivity index (χ4n) is 3.09. The Morgan fingerprint density at radius 3 is 2.56 bits per heavy atom. The lowest BCUT2D eigenvalue weighted by Gasteiger charge is -2.36. The van der Waals surface area contributed by atoms with Crippen LogP contribution in [0.25, 0.3) is 0 Å². The van der Waals surface area contributed by atoms with Crippen LogP contribution >= 0.6 is 0 Å². The van der Waals surface area contributed by atoms with Crippen LogP contribution in [0.15, 0.2) is 12.2 Å². The predicted molar refractivity (Wildman–Crippen MR) is 72.6 cm³/mol. The summed E-state index contributed by atoms with van der Waals surface area (Å²) in [5.74, 6) is 2.75. The zero-order chi connectivity index (χ0) is 12.0. The molecule has 94 valence electrons. The fourth-order valence-corrected chi connectivity index (χ4v) is 3.09. The van der Waals surface area contributed by atoms with Gasteiger partial charge in [0.1, 0.15) is 0 Å². The quantitative estimate of drug-likeness (QED) is 0.671. The Labute approximate surface area is 102 Å². The third-order valence-corrected chi connectivity index (χ3v) is 4.09. The average Bonchev–Trinajstić information content (AvgIpc) is 2.26. The van der Waals surface area contributed by atoms with Crippen LogP contribution in [0.5, 0.6) is 0 Å². The molecule has 1 saturated carbocycles. The predicted octanol–water partition coefficient (Wildman–Crippen LogP) is 4.00. The van der Waals surface area contributed by atoms with Gasteiger partial charge in [-0.15, -0.1) is 6.58 Å². The lowest BCUT2D eigenvalue weighted by molar-refractivity contribution is 0.172. The summed E-state index contributed by atoms with van der Waals surface area (Å²) < 4.78 is 0. The summed E-state index contributed by atoms with van der Waals surface area (Å²) in [6.07, 6.45) is 6.90. The average molecular weight is 223 g/mol. The van der Waals surface area contributed by atoms with Crippen LogP contribution in [-0.2, 0) is 0 Å². The maximum Gasteiger partial charge on any atom is -0.00179 e. The van der Waals surface area contributed by atoms with E-state index in [9.17, 15) is 0 Å². The van der Waals surface area contributed by atoms with Crippen molar-refractivity contribution in [2.75, 3.05) is 13.1 Å². The molecule has 0 aliphatic heterocycles. The first-order valence-electron chi connectivity index (χ1n) is 7.02. The SMILES string of the molecule is C=C(C)CC1CC(CC)CCC1CNCC. The van der Waals surface area contributed by atoms with Crippen LogP contribution < -0.4 is 5.32 Å². The minimum absolute atomic E-state index is 0.884. The van der Waals surface area contributed by atoms with Crippen molar-refractivity contribution in [3.05, 3.63) is 12.2 Å².